The standard InChI is InChI=1S/C25H20FN3O3/c1-15-3-4-16(2)21(11-15)28-23(30)14-29-13-20(24(31)17-7-9-27-10-8-17)25(32)19-12-18(26)5-6-22(19)29/h3-13H,14H2,1-2H3,(H,28,30). The fourth-order valence-electron chi connectivity index (χ4n) is 3.54. The van der Waals surface area contributed by atoms with Crippen molar-refractivity contribution in [3.05, 3.63) is 105 Å². The van der Waals surface area contributed by atoms with E-state index in [4.69, 9.17) is 0 Å². The predicted molar refractivity (Wildman–Crippen MR) is 120 cm³/mol. The number of carbonyl (C=O) groups excluding carboxylic acids is 2. The molecular weight excluding hydrogens is 409 g/mol. The van der Waals surface area contributed by atoms with Gasteiger partial charge in [-0.3, -0.25) is 19.4 Å². The number of benzene rings is 2. The fourth-order valence-corrected chi connectivity index (χ4v) is 3.54. The van der Waals surface area contributed by atoms with Crippen molar-refractivity contribution in [1.29, 1.82) is 0 Å². The van der Waals surface area contributed by atoms with Crippen LogP contribution in [0.3, 0.4) is 0 Å². The zero-order valence-electron chi connectivity index (χ0n) is 17.6. The van der Waals surface area contributed by atoms with Crippen LogP contribution in [0.15, 0.2) is 71.9 Å². The van der Waals surface area contributed by atoms with Crippen molar-refractivity contribution in [2.45, 2.75) is 20.4 Å². The first-order chi connectivity index (χ1) is 15.3. The molecule has 2 heterocycles. The van der Waals surface area contributed by atoms with Crippen LogP contribution in [-0.2, 0) is 11.3 Å². The van der Waals surface area contributed by atoms with Gasteiger partial charge in [-0.1, -0.05) is 12.1 Å². The summed E-state index contributed by atoms with van der Waals surface area (Å²) in [7, 11) is 0. The number of pyridine rings is 2. The zero-order chi connectivity index (χ0) is 22.8. The molecule has 0 radical (unpaired) electrons. The molecule has 1 N–H and O–H groups in total. The number of nitrogens with zero attached hydrogens (tertiary/aromatic N) is 2. The predicted octanol–water partition coefficient (Wildman–Crippen LogP) is 4.02. The van der Waals surface area contributed by atoms with Crippen LogP contribution in [0.5, 0.6) is 0 Å². The van der Waals surface area contributed by atoms with E-state index in [0.717, 1.165) is 17.2 Å². The van der Waals surface area contributed by atoms with Gasteiger partial charge in [0.1, 0.15) is 12.4 Å². The van der Waals surface area contributed by atoms with Gasteiger partial charge in [0.25, 0.3) is 0 Å². The fraction of sp³-hybridized carbons (Fsp3) is 0.120. The summed E-state index contributed by atoms with van der Waals surface area (Å²) in [6, 6.07) is 12.4. The lowest BCUT2D eigenvalue weighted by Gasteiger charge is -2.14. The van der Waals surface area contributed by atoms with Crippen molar-refractivity contribution in [2.24, 2.45) is 0 Å². The molecule has 0 spiro atoms. The summed E-state index contributed by atoms with van der Waals surface area (Å²) in [4.78, 5) is 42.7. The van der Waals surface area contributed by atoms with Crippen LogP contribution in [-0.4, -0.2) is 21.2 Å². The smallest absolute Gasteiger partial charge is 0.244 e. The van der Waals surface area contributed by atoms with Gasteiger partial charge in [0.05, 0.1) is 11.1 Å². The first-order valence-corrected chi connectivity index (χ1v) is 9.98. The topological polar surface area (TPSA) is 81.1 Å². The maximum Gasteiger partial charge on any atom is 0.244 e. The first-order valence-electron chi connectivity index (χ1n) is 9.98. The van der Waals surface area contributed by atoms with E-state index >= 15 is 0 Å². The van der Waals surface area contributed by atoms with Crippen molar-refractivity contribution in [1.82, 2.24) is 9.55 Å². The summed E-state index contributed by atoms with van der Waals surface area (Å²) < 4.78 is 15.4. The van der Waals surface area contributed by atoms with Crippen LogP contribution >= 0.6 is 0 Å². The van der Waals surface area contributed by atoms with Crippen molar-refractivity contribution in [3.8, 4) is 0 Å². The number of fused-ring (bicyclic) bond motifs is 1. The molecule has 4 aromatic rings. The minimum atomic E-state index is -0.602. The summed E-state index contributed by atoms with van der Waals surface area (Å²) >= 11 is 0. The van der Waals surface area contributed by atoms with E-state index in [1.165, 1.54) is 47.4 Å². The summed E-state index contributed by atoms with van der Waals surface area (Å²) in [6.07, 6.45) is 4.25. The molecule has 0 fully saturated rings. The number of hydrogen-bond acceptors (Lipinski definition) is 4. The highest BCUT2D eigenvalue weighted by atomic mass is 19.1. The van der Waals surface area contributed by atoms with Gasteiger partial charge >= 0.3 is 0 Å². The summed E-state index contributed by atoms with van der Waals surface area (Å²) in [5.41, 5.74) is 2.49. The lowest BCUT2D eigenvalue weighted by molar-refractivity contribution is -0.116. The average Bonchev–Trinajstić information content (AvgIpc) is 2.78. The summed E-state index contributed by atoms with van der Waals surface area (Å²) in [5.74, 6) is -1.46. The molecule has 4 rings (SSSR count). The lowest BCUT2D eigenvalue weighted by atomic mass is 10.0. The second-order valence-electron chi connectivity index (χ2n) is 7.59. The maximum absolute atomic E-state index is 13.9. The van der Waals surface area contributed by atoms with E-state index < -0.39 is 17.0 Å². The van der Waals surface area contributed by atoms with Crippen LogP contribution in [0.4, 0.5) is 10.1 Å². The van der Waals surface area contributed by atoms with E-state index in [2.05, 4.69) is 10.3 Å². The van der Waals surface area contributed by atoms with Gasteiger partial charge in [-0.2, -0.15) is 0 Å². The number of halogens is 1. The molecule has 7 heteroatoms. The molecule has 0 unspecified atom stereocenters. The summed E-state index contributed by atoms with van der Waals surface area (Å²) in [6.45, 7) is 3.65. The maximum atomic E-state index is 13.9. The molecular formula is C25H20FN3O3. The Kier molecular flexibility index (Phi) is 5.64. The van der Waals surface area contributed by atoms with Crippen molar-refractivity contribution in [3.63, 3.8) is 0 Å². The molecule has 32 heavy (non-hydrogen) atoms. The molecule has 160 valence electrons. The Morgan fingerprint density at radius 3 is 2.53 bits per heavy atom. The van der Waals surface area contributed by atoms with Crippen LogP contribution in [0.1, 0.15) is 27.0 Å². The number of carbonyl (C=O) groups is 2. The molecule has 2 aromatic carbocycles. The highest BCUT2D eigenvalue weighted by Crippen LogP contribution is 2.18. The lowest BCUT2D eigenvalue weighted by Crippen LogP contribution is -2.24. The molecule has 0 saturated carbocycles. The van der Waals surface area contributed by atoms with E-state index in [1.54, 1.807) is 0 Å². The largest absolute Gasteiger partial charge is 0.337 e. The Labute approximate surface area is 183 Å². The van der Waals surface area contributed by atoms with Crippen molar-refractivity contribution >= 4 is 28.3 Å². The van der Waals surface area contributed by atoms with E-state index in [9.17, 15) is 18.8 Å². The molecule has 0 aliphatic rings. The molecule has 0 aliphatic heterocycles. The number of hydrogen-bond donors (Lipinski definition) is 1. The number of aryl methyl sites for hydroxylation is 2. The van der Waals surface area contributed by atoms with E-state index in [0.29, 0.717) is 11.2 Å². The Morgan fingerprint density at radius 1 is 1.03 bits per heavy atom. The van der Waals surface area contributed by atoms with Crippen LogP contribution in [0, 0.1) is 19.7 Å². The van der Waals surface area contributed by atoms with Crippen LogP contribution in [0.25, 0.3) is 10.9 Å². The quantitative estimate of drug-likeness (QED) is 0.486. The monoisotopic (exact) mass is 429 g/mol. The van der Waals surface area contributed by atoms with Gasteiger partial charge in [0.15, 0.2) is 5.78 Å². The van der Waals surface area contributed by atoms with Gasteiger partial charge in [-0.05, 0) is 61.4 Å². The first kappa shape index (κ1) is 21.1. The second kappa shape index (κ2) is 8.55. The Balaban J connectivity index is 1.77. The number of aromatic nitrogens is 2. The molecule has 0 atom stereocenters. The molecule has 0 aliphatic carbocycles. The van der Waals surface area contributed by atoms with E-state index in [-0.39, 0.29) is 29.0 Å². The zero-order valence-corrected chi connectivity index (χ0v) is 17.6. The van der Waals surface area contributed by atoms with Gasteiger partial charge in [-0.15, -0.1) is 0 Å². The van der Waals surface area contributed by atoms with Gasteiger partial charge in [0.2, 0.25) is 11.3 Å². The van der Waals surface area contributed by atoms with Crippen molar-refractivity contribution in [2.75, 3.05) is 5.32 Å². The Hall–Kier alpha value is -4.13. The minimum absolute atomic E-state index is 0.0319. The summed E-state index contributed by atoms with van der Waals surface area (Å²) in [5, 5.41) is 2.90. The molecule has 0 saturated heterocycles. The number of amides is 1. The highest BCUT2D eigenvalue weighted by Gasteiger charge is 2.19. The number of rotatable bonds is 5. The average molecular weight is 429 g/mol. The van der Waals surface area contributed by atoms with E-state index in [1.807, 2.05) is 32.0 Å². The third kappa shape index (κ3) is 4.18. The Morgan fingerprint density at radius 2 is 1.78 bits per heavy atom. The third-order valence-electron chi connectivity index (χ3n) is 5.21. The molecule has 0 bridgehead atoms. The normalized spacial score (nSPS) is 10.8. The third-order valence-corrected chi connectivity index (χ3v) is 5.21. The Bertz CT molecular complexity index is 1410. The number of ketones is 1. The van der Waals surface area contributed by atoms with Gasteiger partial charge in [0, 0.05) is 35.2 Å². The van der Waals surface area contributed by atoms with Crippen LogP contribution in [0.2, 0.25) is 0 Å². The number of anilines is 1. The molecule has 6 nitrogen and oxygen atoms in total. The second-order valence-corrected chi connectivity index (χ2v) is 7.59. The van der Waals surface area contributed by atoms with Gasteiger partial charge in [-0.25, -0.2) is 4.39 Å². The van der Waals surface area contributed by atoms with Crippen molar-refractivity contribution < 1.29 is 14.0 Å². The number of nitrogens with one attached hydrogen (secondary N) is 1. The van der Waals surface area contributed by atoms with Crippen LogP contribution < -0.4 is 10.7 Å². The SMILES string of the molecule is Cc1ccc(C)c(NC(=O)Cn2cc(C(=O)c3ccncc3)c(=O)c3cc(F)ccc32)c1. The molecule has 2 aromatic heterocycles. The van der Waals surface area contributed by atoms with Gasteiger partial charge < -0.3 is 9.88 Å². The highest BCUT2D eigenvalue weighted by molar-refractivity contribution is 6.10. The minimum Gasteiger partial charge on any atom is -0.337 e. The molecule has 1 amide bonds.